The molecular formula is C21H32O2. The zero-order valence-electron chi connectivity index (χ0n) is 15.3. The van der Waals surface area contributed by atoms with Gasteiger partial charge in [-0.05, 0) is 63.5 Å². The second kappa shape index (κ2) is 8.52. The Morgan fingerprint density at radius 3 is 2.22 bits per heavy atom. The Morgan fingerprint density at radius 1 is 1.04 bits per heavy atom. The van der Waals surface area contributed by atoms with E-state index in [4.69, 9.17) is 4.74 Å². The maximum atomic E-state index is 12.5. The standard InChI is InChI=1S/C21H32O2/c1-5-6-7-8-18-9-11-19(12-10-18)21(22)23-20-16(3)13-15(2)14-17(20)4/h13-14,18-19H,5-12H2,1-4H3. The van der Waals surface area contributed by atoms with E-state index in [1.807, 2.05) is 13.8 Å². The molecular weight excluding hydrogens is 284 g/mol. The minimum atomic E-state index is -0.0212. The van der Waals surface area contributed by atoms with E-state index in [9.17, 15) is 4.79 Å². The molecule has 0 unspecified atom stereocenters. The zero-order valence-corrected chi connectivity index (χ0v) is 15.3. The Hall–Kier alpha value is -1.31. The average Bonchev–Trinajstić information content (AvgIpc) is 2.51. The summed E-state index contributed by atoms with van der Waals surface area (Å²) in [6, 6.07) is 4.17. The first-order valence-electron chi connectivity index (χ1n) is 9.30. The van der Waals surface area contributed by atoms with Gasteiger partial charge in [-0.3, -0.25) is 4.79 Å². The predicted octanol–water partition coefficient (Wildman–Crippen LogP) is 5.90. The highest BCUT2D eigenvalue weighted by Gasteiger charge is 2.28. The summed E-state index contributed by atoms with van der Waals surface area (Å²) in [5.74, 6) is 1.67. The van der Waals surface area contributed by atoms with Gasteiger partial charge in [-0.2, -0.15) is 0 Å². The van der Waals surface area contributed by atoms with E-state index >= 15 is 0 Å². The number of benzene rings is 1. The molecule has 0 bridgehead atoms. The van der Waals surface area contributed by atoms with E-state index in [0.717, 1.165) is 35.6 Å². The van der Waals surface area contributed by atoms with Crippen molar-refractivity contribution in [3.63, 3.8) is 0 Å². The van der Waals surface area contributed by atoms with Gasteiger partial charge in [0.1, 0.15) is 5.75 Å². The van der Waals surface area contributed by atoms with Crippen LogP contribution in [0.1, 0.15) is 75.0 Å². The molecule has 1 aliphatic rings. The number of carbonyl (C=O) groups excluding carboxylic acids is 1. The molecule has 1 aromatic rings. The van der Waals surface area contributed by atoms with Crippen LogP contribution >= 0.6 is 0 Å². The van der Waals surface area contributed by atoms with Gasteiger partial charge < -0.3 is 4.74 Å². The van der Waals surface area contributed by atoms with Gasteiger partial charge >= 0.3 is 5.97 Å². The van der Waals surface area contributed by atoms with Crippen molar-refractivity contribution in [1.29, 1.82) is 0 Å². The summed E-state index contributed by atoms with van der Waals surface area (Å²) in [6.45, 7) is 8.37. The average molecular weight is 316 g/mol. The van der Waals surface area contributed by atoms with Gasteiger partial charge in [-0.25, -0.2) is 0 Å². The van der Waals surface area contributed by atoms with Gasteiger partial charge in [0.25, 0.3) is 0 Å². The number of hydrogen-bond donors (Lipinski definition) is 0. The molecule has 2 heteroatoms. The van der Waals surface area contributed by atoms with Gasteiger partial charge in [0.05, 0.1) is 5.92 Å². The fourth-order valence-corrected chi connectivity index (χ4v) is 3.88. The fourth-order valence-electron chi connectivity index (χ4n) is 3.88. The van der Waals surface area contributed by atoms with Crippen molar-refractivity contribution in [3.8, 4) is 5.75 Å². The van der Waals surface area contributed by atoms with Crippen LogP contribution in [-0.2, 0) is 4.79 Å². The topological polar surface area (TPSA) is 26.3 Å². The first kappa shape index (κ1) is 18.0. The van der Waals surface area contributed by atoms with Crippen LogP contribution < -0.4 is 4.74 Å². The van der Waals surface area contributed by atoms with Crippen LogP contribution in [0.15, 0.2) is 12.1 Å². The number of unbranched alkanes of at least 4 members (excludes halogenated alkanes) is 2. The lowest BCUT2D eigenvalue weighted by Gasteiger charge is -2.27. The van der Waals surface area contributed by atoms with Gasteiger partial charge in [0.2, 0.25) is 0 Å². The highest BCUT2D eigenvalue weighted by Crippen LogP contribution is 2.34. The molecule has 23 heavy (non-hydrogen) atoms. The maximum Gasteiger partial charge on any atom is 0.314 e. The highest BCUT2D eigenvalue weighted by atomic mass is 16.5. The second-order valence-corrected chi connectivity index (χ2v) is 7.36. The summed E-state index contributed by atoms with van der Waals surface area (Å²) < 4.78 is 5.77. The smallest absolute Gasteiger partial charge is 0.314 e. The van der Waals surface area contributed by atoms with Crippen molar-refractivity contribution >= 4 is 5.97 Å². The van der Waals surface area contributed by atoms with E-state index in [0.29, 0.717) is 0 Å². The highest BCUT2D eigenvalue weighted by molar-refractivity contribution is 5.76. The molecule has 0 radical (unpaired) electrons. The SMILES string of the molecule is CCCCCC1CCC(C(=O)Oc2c(C)cc(C)cc2C)CC1. The minimum absolute atomic E-state index is 0.0212. The first-order chi connectivity index (χ1) is 11.0. The van der Waals surface area contributed by atoms with Crippen LogP contribution in [0, 0.1) is 32.6 Å². The van der Waals surface area contributed by atoms with Crippen LogP contribution in [0.3, 0.4) is 0 Å². The Kier molecular flexibility index (Phi) is 6.68. The minimum Gasteiger partial charge on any atom is -0.426 e. The lowest BCUT2D eigenvalue weighted by Crippen LogP contribution is -2.26. The Balaban J connectivity index is 1.86. The van der Waals surface area contributed by atoms with Crippen LogP contribution in [0.5, 0.6) is 5.75 Å². The number of aryl methyl sites for hydroxylation is 3. The number of carbonyl (C=O) groups is 1. The molecule has 1 aromatic carbocycles. The first-order valence-corrected chi connectivity index (χ1v) is 9.30. The molecule has 0 atom stereocenters. The van der Waals surface area contributed by atoms with Gasteiger partial charge in [-0.1, -0.05) is 50.3 Å². The summed E-state index contributed by atoms with van der Waals surface area (Å²) in [4.78, 5) is 12.5. The Morgan fingerprint density at radius 2 is 1.65 bits per heavy atom. The summed E-state index contributed by atoms with van der Waals surface area (Å²) in [5.41, 5.74) is 3.33. The zero-order chi connectivity index (χ0) is 16.8. The van der Waals surface area contributed by atoms with Crippen molar-refractivity contribution in [2.45, 2.75) is 79.1 Å². The fraction of sp³-hybridized carbons (Fsp3) is 0.667. The van der Waals surface area contributed by atoms with Crippen LogP contribution in [0.2, 0.25) is 0 Å². The molecule has 128 valence electrons. The number of rotatable bonds is 6. The third kappa shape index (κ3) is 5.09. The van der Waals surface area contributed by atoms with E-state index in [-0.39, 0.29) is 11.9 Å². The number of hydrogen-bond acceptors (Lipinski definition) is 2. The van der Waals surface area contributed by atoms with Crippen molar-refractivity contribution in [2.24, 2.45) is 11.8 Å². The Bertz CT molecular complexity index is 502. The molecule has 1 saturated carbocycles. The van der Waals surface area contributed by atoms with Crippen molar-refractivity contribution in [3.05, 3.63) is 28.8 Å². The molecule has 1 aliphatic carbocycles. The van der Waals surface area contributed by atoms with Gasteiger partial charge in [0.15, 0.2) is 0 Å². The molecule has 0 aliphatic heterocycles. The molecule has 0 saturated heterocycles. The molecule has 2 rings (SSSR count). The van der Waals surface area contributed by atoms with E-state index < -0.39 is 0 Å². The lowest BCUT2D eigenvalue weighted by atomic mass is 9.80. The van der Waals surface area contributed by atoms with Crippen LogP contribution in [0.4, 0.5) is 0 Å². The lowest BCUT2D eigenvalue weighted by molar-refractivity contribution is -0.140. The van der Waals surface area contributed by atoms with Gasteiger partial charge in [-0.15, -0.1) is 0 Å². The third-order valence-electron chi connectivity index (χ3n) is 5.20. The predicted molar refractivity (Wildman–Crippen MR) is 95.9 cm³/mol. The number of esters is 1. The quantitative estimate of drug-likeness (QED) is 0.371. The van der Waals surface area contributed by atoms with Crippen molar-refractivity contribution in [1.82, 2.24) is 0 Å². The van der Waals surface area contributed by atoms with Crippen molar-refractivity contribution < 1.29 is 9.53 Å². The molecule has 0 heterocycles. The van der Waals surface area contributed by atoms with Crippen LogP contribution in [0.25, 0.3) is 0 Å². The second-order valence-electron chi connectivity index (χ2n) is 7.36. The van der Waals surface area contributed by atoms with E-state index in [1.54, 1.807) is 0 Å². The maximum absolute atomic E-state index is 12.5. The molecule has 0 spiro atoms. The van der Waals surface area contributed by atoms with Crippen molar-refractivity contribution in [2.75, 3.05) is 0 Å². The summed E-state index contributed by atoms with van der Waals surface area (Å²) in [6.07, 6.45) is 9.69. The van der Waals surface area contributed by atoms with Gasteiger partial charge in [0, 0.05) is 0 Å². The molecule has 0 aromatic heterocycles. The molecule has 1 fully saturated rings. The molecule has 2 nitrogen and oxygen atoms in total. The monoisotopic (exact) mass is 316 g/mol. The third-order valence-corrected chi connectivity index (χ3v) is 5.20. The largest absolute Gasteiger partial charge is 0.426 e. The summed E-state index contributed by atoms with van der Waals surface area (Å²) in [5, 5.41) is 0. The molecule has 0 N–H and O–H groups in total. The normalized spacial score (nSPS) is 21.2. The van der Waals surface area contributed by atoms with Crippen LogP contribution in [-0.4, -0.2) is 5.97 Å². The van der Waals surface area contributed by atoms with E-state index in [2.05, 4.69) is 26.0 Å². The molecule has 0 amide bonds. The Labute approximate surface area is 141 Å². The van der Waals surface area contributed by atoms with E-state index in [1.165, 1.54) is 44.1 Å². The summed E-state index contributed by atoms with van der Waals surface area (Å²) in [7, 11) is 0. The number of ether oxygens (including phenoxy) is 1. The summed E-state index contributed by atoms with van der Waals surface area (Å²) >= 11 is 0.